The summed E-state index contributed by atoms with van der Waals surface area (Å²) in [5.74, 6) is 4.20. The largest absolute Gasteiger partial charge is 0.497 e. The summed E-state index contributed by atoms with van der Waals surface area (Å²) in [6.45, 7) is 5.94. The topological polar surface area (TPSA) is 263 Å². The molecule has 0 saturated carbocycles. The van der Waals surface area contributed by atoms with Gasteiger partial charge in [0, 0.05) is 13.1 Å². The van der Waals surface area contributed by atoms with Gasteiger partial charge in [-0.1, -0.05) is 203 Å². The average Bonchev–Trinajstić information content (AvgIpc) is 1.65. The van der Waals surface area contributed by atoms with E-state index in [0.29, 0.717) is 65.4 Å². The molecule has 140 heavy (non-hydrogen) atoms. The number of amidine groups is 5. The van der Waals surface area contributed by atoms with E-state index in [0.717, 1.165) is 144 Å². The maximum absolute atomic E-state index is 13.3. The number of methoxy groups -OCH3 is 5. The molecule has 1 aromatic heterocycles. The number of aliphatic hydroxyl groups excluding tert-OH is 2. The van der Waals surface area contributed by atoms with Gasteiger partial charge in [-0.25, -0.2) is 25.0 Å². The van der Waals surface area contributed by atoms with Crippen molar-refractivity contribution < 1.29 is 62.3 Å². The van der Waals surface area contributed by atoms with Crippen molar-refractivity contribution in [3.63, 3.8) is 0 Å². The van der Waals surface area contributed by atoms with Crippen LogP contribution in [0, 0.1) is 0 Å². The third kappa shape index (κ3) is 27.9. The molecule has 12 aromatic carbocycles. The molecule has 18 rings (SSSR count). The van der Waals surface area contributed by atoms with Crippen LogP contribution in [0.3, 0.4) is 0 Å². The SMILES string of the molecule is CCCCN1C(=O)/C(=C/c2ccc(CO)cc2)SC1=Nc1ccccc1.CCCCN1C(=O)/C(=C/c2ccc(OC)cc2)SC1=Nc1ccccc1.COc1ccc(/C=C2\SC(=Nc3ccccc3)N(Cc3ccco3)C2=O)cc1.COc1ccc(/C=C2\SC(=Nc3ccccc3)N(c3ccc(OC)cc3)C2=O)cc1.COc1ccc(N2C(=O)/C(=C/c3ccc(CO)cc3)SC2=Nc2ccccc2)cc1. The Morgan fingerprint density at radius 1 is 0.286 bits per heavy atom. The second-order valence-corrected chi connectivity index (χ2v) is 36.1. The molecular weight excluding hydrogens is 1850 g/mol. The van der Waals surface area contributed by atoms with Crippen LogP contribution in [0.4, 0.5) is 39.8 Å². The monoisotopic (exact) mass is 1950 g/mol. The Morgan fingerprint density at radius 3 is 0.786 bits per heavy atom. The molecule has 6 heterocycles. The molecular formula is C112H102N10O13S5. The Kier molecular flexibility index (Phi) is 37.1. The lowest BCUT2D eigenvalue weighted by Gasteiger charge is -2.16. The van der Waals surface area contributed by atoms with E-state index in [1.165, 1.54) is 58.8 Å². The molecule has 5 aliphatic rings. The number of amides is 5. The molecule has 0 bridgehead atoms. The van der Waals surface area contributed by atoms with Crippen LogP contribution in [0.15, 0.2) is 394 Å². The number of thioether (sulfide) groups is 5. The van der Waals surface area contributed by atoms with Crippen molar-refractivity contribution >= 4 is 184 Å². The summed E-state index contributed by atoms with van der Waals surface area (Å²) in [5, 5.41) is 21.7. The van der Waals surface area contributed by atoms with Crippen LogP contribution in [0.2, 0.25) is 0 Å². The first kappa shape index (κ1) is 101. The zero-order chi connectivity index (χ0) is 97.9. The van der Waals surface area contributed by atoms with Crippen molar-refractivity contribution in [2.75, 3.05) is 58.4 Å². The number of hydrogen-bond donors (Lipinski definition) is 2. The molecule has 0 atom stereocenters. The van der Waals surface area contributed by atoms with Gasteiger partial charge in [0.2, 0.25) is 0 Å². The predicted molar refractivity (Wildman–Crippen MR) is 573 cm³/mol. The first-order valence-corrected chi connectivity index (χ1v) is 49.0. The Bertz CT molecular complexity index is 6380. The van der Waals surface area contributed by atoms with Gasteiger partial charge in [0.25, 0.3) is 29.5 Å². The summed E-state index contributed by atoms with van der Waals surface area (Å²) in [5.41, 5.74) is 11.9. The molecule has 0 unspecified atom stereocenters. The summed E-state index contributed by atoms with van der Waals surface area (Å²) in [6, 6.07) is 104. The third-order valence-electron chi connectivity index (χ3n) is 21.4. The number of rotatable bonds is 27. The molecule has 23 nitrogen and oxygen atoms in total. The Morgan fingerprint density at radius 2 is 0.529 bits per heavy atom. The number of nitrogens with zero attached hydrogens (tertiary/aromatic N) is 10. The fraction of sp³-hybridized carbons (Fsp3) is 0.143. The van der Waals surface area contributed by atoms with Crippen molar-refractivity contribution in [2.24, 2.45) is 25.0 Å². The molecule has 708 valence electrons. The van der Waals surface area contributed by atoms with E-state index in [4.69, 9.17) is 43.2 Å². The maximum atomic E-state index is 13.3. The first-order chi connectivity index (χ1) is 68.5. The summed E-state index contributed by atoms with van der Waals surface area (Å²) in [6.07, 6.45) is 14.9. The van der Waals surface area contributed by atoms with E-state index in [2.05, 4.69) is 28.8 Å². The number of anilines is 2. The van der Waals surface area contributed by atoms with E-state index in [-0.39, 0.29) is 42.7 Å². The standard InChI is InChI=1S/2C24H20N2O3S.C22H18N2O3S.2C21H22N2O2S/c1-28-20-12-8-17(9-13-20)16-22-23(27)26(19-10-14-21(29-2)15-11-19)24(30-22)25-18-6-4-3-5-7-18;1-29-21-13-11-20(12-14-21)26-23(28)22(15-17-7-9-18(16-27)10-8-17)30-24(26)25-19-5-3-2-4-6-19;1-26-18-11-9-16(10-12-18)14-20-21(25)24(15-19-8-5-13-27-19)22(28-20)23-17-6-3-2-4-7-17;1-3-4-14-23-20(24)19(15-16-10-12-18(25-2)13-11-16)26-21(23)22-17-8-6-5-7-9-17;1-2-3-13-23-20(25)19(14-16-9-11-17(15-24)12-10-16)26-21(23)22-18-7-5-4-6-8-18/h3-16H,1-2H3;2-15,27H,16H2,1H3;2-14H,15H2,1H3;5-13,15H,3-4,14H2,1-2H3;4-12,14,24H,2-3,13,15H2,1H3/b22-16-,25-24?;22-15-,25-24?;20-14-,23-22?;19-15-,22-21?;19-14-,22-21?. The number of unbranched alkanes of at least 4 members (excludes halogenated alkanes) is 2. The number of benzene rings is 12. The molecule has 13 aromatic rings. The number of carbonyl (C=O) groups excluding carboxylic acids is 5. The molecule has 5 saturated heterocycles. The highest BCUT2D eigenvalue weighted by atomic mass is 32.2. The molecule has 0 aliphatic carbocycles. The van der Waals surface area contributed by atoms with Gasteiger partial charge in [-0.15, -0.1) is 0 Å². The van der Waals surface area contributed by atoms with Crippen molar-refractivity contribution in [1.82, 2.24) is 14.7 Å². The number of aliphatic imine (C=N–C) groups is 5. The lowest BCUT2D eigenvalue weighted by molar-refractivity contribution is -0.123. The molecule has 2 N–H and O–H groups in total. The molecule has 5 aliphatic heterocycles. The number of hydrogen-bond acceptors (Lipinski definition) is 23. The summed E-state index contributed by atoms with van der Waals surface area (Å²) in [7, 11) is 8.12. The second kappa shape index (κ2) is 51.4. The van der Waals surface area contributed by atoms with Crippen LogP contribution >= 0.6 is 58.8 Å². The quantitative estimate of drug-likeness (QED) is 0.0453. The fourth-order valence-corrected chi connectivity index (χ4v) is 18.9. The van der Waals surface area contributed by atoms with Gasteiger partial charge in [0.05, 0.1) is 126 Å². The molecule has 5 amide bonds. The maximum Gasteiger partial charge on any atom is 0.271 e. The number of ether oxygens (including phenoxy) is 5. The Hall–Kier alpha value is -15.0. The molecule has 28 heteroatoms. The second-order valence-electron chi connectivity index (χ2n) is 31.1. The lowest BCUT2D eigenvalue weighted by atomic mass is 10.1. The van der Waals surface area contributed by atoms with Crippen LogP contribution in [0.25, 0.3) is 30.4 Å². The Labute approximate surface area is 835 Å². The van der Waals surface area contributed by atoms with Crippen molar-refractivity contribution in [3.8, 4) is 28.7 Å². The van der Waals surface area contributed by atoms with E-state index in [1.807, 2.05) is 364 Å². The van der Waals surface area contributed by atoms with Gasteiger partial charge in [-0.05, 0) is 299 Å². The zero-order valence-electron chi connectivity index (χ0n) is 78.0. The zero-order valence-corrected chi connectivity index (χ0v) is 82.1. The van der Waals surface area contributed by atoms with E-state index < -0.39 is 0 Å². The van der Waals surface area contributed by atoms with Crippen LogP contribution < -0.4 is 33.5 Å². The van der Waals surface area contributed by atoms with Gasteiger partial charge >= 0.3 is 0 Å². The highest BCUT2D eigenvalue weighted by Gasteiger charge is 2.39. The van der Waals surface area contributed by atoms with E-state index in [1.54, 1.807) is 66.3 Å². The minimum Gasteiger partial charge on any atom is -0.497 e. The van der Waals surface area contributed by atoms with Crippen molar-refractivity contribution in [1.29, 1.82) is 0 Å². The van der Waals surface area contributed by atoms with Crippen molar-refractivity contribution in [2.45, 2.75) is 59.3 Å². The minimum absolute atomic E-state index is 0.00404. The highest BCUT2D eigenvalue weighted by molar-refractivity contribution is 8.20. The smallest absolute Gasteiger partial charge is 0.271 e. The molecule has 0 radical (unpaired) electrons. The predicted octanol–water partition coefficient (Wildman–Crippen LogP) is 25.3. The minimum atomic E-state index is -0.133. The number of carbonyl (C=O) groups is 5. The molecule has 5 fully saturated rings. The van der Waals surface area contributed by atoms with E-state index in [9.17, 15) is 29.1 Å². The summed E-state index contributed by atoms with van der Waals surface area (Å²) in [4.78, 5) is 100. The highest BCUT2D eigenvalue weighted by Crippen LogP contribution is 2.43. The lowest BCUT2D eigenvalue weighted by Crippen LogP contribution is -2.30. The number of para-hydroxylation sites is 5. The van der Waals surface area contributed by atoms with Crippen LogP contribution in [0.5, 0.6) is 28.7 Å². The van der Waals surface area contributed by atoms with Crippen LogP contribution in [-0.4, -0.2) is 129 Å². The van der Waals surface area contributed by atoms with Crippen LogP contribution in [-0.2, 0) is 43.7 Å². The summed E-state index contributed by atoms with van der Waals surface area (Å²) < 4.78 is 31.5. The van der Waals surface area contributed by atoms with Crippen LogP contribution in [0.1, 0.15) is 84.2 Å². The van der Waals surface area contributed by atoms with Crippen molar-refractivity contribution in [3.05, 3.63) is 409 Å². The van der Waals surface area contributed by atoms with Gasteiger partial charge in [-0.2, -0.15) is 0 Å². The van der Waals surface area contributed by atoms with Gasteiger partial charge in [-0.3, -0.25) is 48.5 Å². The number of furan rings is 1. The normalized spacial score (nSPS) is 16.9. The average molecular weight is 1960 g/mol. The van der Waals surface area contributed by atoms with Gasteiger partial charge in [0.1, 0.15) is 34.5 Å². The van der Waals surface area contributed by atoms with Gasteiger partial charge < -0.3 is 38.3 Å². The Balaban J connectivity index is 0.000000140. The number of aliphatic hydroxyl groups is 2. The van der Waals surface area contributed by atoms with Gasteiger partial charge in [0.15, 0.2) is 25.8 Å². The summed E-state index contributed by atoms with van der Waals surface area (Å²) >= 11 is 6.91. The third-order valence-corrected chi connectivity index (χ3v) is 26.3. The first-order valence-electron chi connectivity index (χ1n) is 44.9. The van der Waals surface area contributed by atoms with E-state index >= 15 is 0 Å². The fourth-order valence-electron chi connectivity index (χ4n) is 13.9. The molecule has 0 spiro atoms.